The van der Waals surface area contributed by atoms with Crippen molar-refractivity contribution in [3.05, 3.63) is 34.3 Å². The molecule has 0 spiro atoms. The van der Waals surface area contributed by atoms with Crippen molar-refractivity contribution in [3.8, 4) is 0 Å². The van der Waals surface area contributed by atoms with Crippen LogP contribution in [0.4, 0.5) is 0 Å². The topological polar surface area (TPSA) is 29.1 Å². The van der Waals surface area contributed by atoms with E-state index in [0.29, 0.717) is 0 Å². The molecule has 0 radical (unpaired) electrons. The number of rotatable bonds is 1. The van der Waals surface area contributed by atoms with Crippen LogP contribution in [0, 0.1) is 0 Å². The molecule has 1 N–H and O–H groups in total. The van der Waals surface area contributed by atoms with Crippen LogP contribution in [0.2, 0.25) is 0 Å². The zero-order chi connectivity index (χ0) is 12.4. The van der Waals surface area contributed by atoms with E-state index in [0.717, 1.165) is 17.4 Å². The molecule has 4 heteroatoms. The first kappa shape index (κ1) is 13.2. The summed E-state index contributed by atoms with van der Waals surface area (Å²) in [5.41, 5.74) is 1.23. The Hall–Kier alpha value is -0.190. The van der Waals surface area contributed by atoms with E-state index < -0.39 is 10.8 Å². The van der Waals surface area contributed by atoms with Gasteiger partial charge in [0.25, 0.3) is 0 Å². The molecule has 4 unspecified atom stereocenters. The van der Waals surface area contributed by atoms with Crippen molar-refractivity contribution < 1.29 is 4.21 Å². The van der Waals surface area contributed by atoms with Crippen LogP contribution >= 0.6 is 15.9 Å². The molecule has 1 aromatic rings. The van der Waals surface area contributed by atoms with Gasteiger partial charge in [-0.3, -0.25) is 4.21 Å². The number of hydrogen-bond acceptors (Lipinski definition) is 2. The first-order valence-corrected chi connectivity index (χ1v) is 8.04. The van der Waals surface area contributed by atoms with Crippen molar-refractivity contribution >= 4 is 26.7 Å². The summed E-state index contributed by atoms with van der Waals surface area (Å²) in [4.78, 5) is 0. The molecule has 1 fully saturated rings. The summed E-state index contributed by atoms with van der Waals surface area (Å²) in [7, 11) is -0.757. The lowest BCUT2D eigenvalue weighted by molar-refractivity contribution is 0.531. The molecule has 17 heavy (non-hydrogen) atoms. The summed E-state index contributed by atoms with van der Waals surface area (Å²) < 4.78 is 13.3. The summed E-state index contributed by atoms with van der Waals surface area (Å²) in [5, 5.41) is 3.97. The average Bonchev–Trinajstić information content (AvgIpc) is 2.44. The van der Waals surface area contributed by atoms with Crippen molar-refractivity contribution in [1.82, 2.24) is 5.32 Å². The lowest BCUT2D eigenvalue weighted by atomic mass is 10.0. The highest BCUT2D eigenvalue weighted by molar-refractivity contribution is 9.10. The van der Waals surface area contributed by atoms with Gasteiger partial charge >= 0.3 is 0 Å². The highest BCUT2D eigenvalue weighted by Gasteiger charge is 2.30. The van der Waals surface area contributed by atoms with Gasteiger partial charge in [-0.2, -0.15) is 0 Å². The zero-order valence-electron chi connectivity index (χ0n) is 10.2. The van der Waals surface area contributed by atoms with Crippen LogP contribution in [-0.2, 0) is 10.8 Å². The Kier molecular flexibility index (Phi) is 4.39. The summed E-state index contributed by atoms with van der Waals surface area (Å²) in [6.45, 7) is 5.11. The maximum Gasteiger partial charge on any atom is 0.0517 e. The number of nitrogens with one attached hydrogen (secondary N) is 1. The minimum Gasteiger partial charge on any atom is -0.309 e. The fourth-order valence-corrected chi connectivity index (χ4v) is 4.15. The highest BCUT2D eigenvalue weighted by atomic mass is 79.9. The third kappa shape index (κ3) is 2.98. The third-order valence-electron chi connectivity index (χ3n) is 3.38. The van der Waals surface area contributed by atoms with Crippen LogP contribution in [0.15, 0.2) is 28.7 Å². The van der Waals surface area contributed by atoms with Gasteiger partial charge < -0.3 is 5.32 Å². The van der Waals surface area contributed by atoms with Gasteiger partial charge in [-0.05, 0) is 37.6 Å². The molecule has 0 aromatic heterocycles. The predicted molar refractivity (Wildman–Crippen MR) is 76.6 cm³/mol. The second-order valence-corrected chi connectivity index (χ2v) is 7.74. The molecule has 0 amide bonds. The van der Waals surface area contributed by atoms with Crippen LogP contribution < -0.4 is 5.32 Å². The summed E-state index contributed by atoms with van der Waals surface area (Å²) in [6, 6.07) is 8.49. The summed E-state index contributed by atoms with van der Waals surface area (Å²) in [6.07, 6.45) is 0.990. The van der Waals surface area contributed by atoms with Crippen molar-refractivity contribution in [2.24, 2.45) is 0 Å². The fourth-order valence-electron chi connectivity index (χ4n) is 2.28. The van der Waals surface area contributed by atoms with Crippen LogP contribution in [0.25, 0.3) is 0 Å². The first-order valence-electron chi connectivity index (χ1n) is 5.98. The second kappa shape index (κ2) is 5.63. The maximum atomic E-state index is 12.3. The van der Waals surface area contributed by atoms with E-state index in [-0.39, 0.29) is 16.5 Å². The highest BCUT2D eigenvalue weighted by Crippen LogP contribution is 2.26. The molecule has 0 aliphatic carbocycles. The molecule has 1 saturated heterocycles. The molecule has 1 heterocycles. The molecular formula is C13H18BrNOS. The van der Waals surface area contributed by atoms with E-state index in [4.69, 9.17) is 0 Å². The molecule has 0 bridgehead atoms. The Morgan fingerprint density at radius 1 is 1.29 bits per heavy atom. The lowest BCUT2D eigenvalue weighted by Gasteiger charge is -2.23. The Morgan fingerprint density at radius 3 is 2.59 bits per heavy atom. The Labute approximate surface area is 114 Å². The molecule has 1 aliphatic rings. The van der Waals surface area contributed by atoms with Crippen LogP contribution in [0.5, 0.6) is 0 Å². The molecule has 2 nitrogen and oxygen atoms in total. The third-order valence-corrected chi connectivity index (χ3v) is 5.94. The van der Waals surface area contributed by atoms with Crippen molar-refractivity contribution in [2.45, 2.75) is 36.8 Å². The molecular weight excluding hydrogens is 298 g/mol. The molecule has 0 saturated carbocycles. The normalized spacial score (nSPS) is 34.3. The first-order chi connectivity index (χ1) is 8.09. The molecule has 2 rings (SSSR count). The monoisotopic (exact) mass is 315 g/mol. The van der Waals surface area contributed by atoms with Crippen LogP contribution in [0.3, 0.4) is 0 Å². The van der Waals surface area contributed by atoms with Crippen LogP contribution in [-0.4, -0.2) is 21.3 Å². The van der Waals surface area contributed by atoms with E-state index >= 15 is 0 Å². The van der Waals surface area contributed by atoms with Crippen molar-refractivity contribution in [3.63, 3.8) is 0 Å². The Bertz CT molecular complexity index is 406. The van der Waals surface area contributed by atoms with E-state index in [1.807, 2.05) is 12.1 Å². The van der Waals surface area contributed by atoms with Gasteiger partial charge in [0.1, 0.15) is 0 Å². The van der Waals surface area contributed by atoms with E-state index in [1.165, 1.54) is 5.56 Å². The minimum absolute atomic E-state index is 0.161. The smallest absolute Gasteiger partial charge is 0.0517 e. The lowest BCUT2D eigenvalue weighted by Crippen LogP contribution is -2.31. The van der Waals surface area contributed by atoms with Crippen molar-refractivity contribution in [2.75, 3.05) is 6.54 Å². The van der Waals surface area contributed by atoms with Gasteiger partial charge in [0.2, 0.25) is 0 Å². The minimum atomic E-state index is -0.757. The van der Waals surface area contributed by atoms with Crippen LogP contribution in [0.1, 0.15) is 31.9 Å². The van der Waals surface area contributed by atoms with E-state index in [1.54, 1.807) is 0 Å². The molecule has 1 aliphatic heterocycles. The summed E-state index contributed by atoms with van der Waals surface area (Å²) in [5.74, 6) is 0. The molecule has 4 atom stereocenters. The average molecular weight is 316 g/mol. The van der Waals surface area contributed by atoms with Gasteiger partial charge in [-0.25, -0.2) is 0 Å². The Balaban J connectivity index is 2.25. The predicted octanol–water partition coefficient (Wildman–Crippen LogP) is 3.01. The van der Waals surface area contributed by atoms with Gasteiger partial charge in [-0.15, -0.1) is 0 Å². The molecule has 1 aromatic carbocycles. The zero-order valence-corrected chi connectivity index (χ0v) is 12.6. The Morgan fingerprint density at radius 2 is 1.94 bits per heavy atom. The number of halogens is 1. The summed E-state index contributed by atoms with van der Waals surface area (Å²) >= 11 is 3.44. The fraction of sp³-hybridized carbons (Fsp3) is 0.538. The van der Waals surface area contributed by atoms with Crippen molar-refractivity contribution in [1.29, 1.82) is 0 Å². The molecule has 94 valence electrons. The number of hydrogen-bond donors (Lipinski definition) is 1. The van der Waals surface area contributed by atoms with Gasteiger partial charge in [-0.1, -0.05) is 35.0 Å². The van der Waals surface area contributed by atoms with Gasteiger partial charge in [0.15, 0.2) is 0 Å². The SMILES string of the molecule is CC1CCNC(c2ccc(Br)cc2)C(C)S1=O. The largest absolute Gasteiger partial charge is 0.309 e. The van der Waals surface area contributed by atoms with Gasteiger partial charge in [0.05, 0.1) is 5.25 Å². The van der Waals surface area contributed by atoms with Gasteiger partial charge in [0, 0.05) is 26.6 Å². The second-order valence-electron chi connectivity index (χ2n) is 4.62. The van der Waals surface area contributed by atoms with E-state index in [2.05, 4.69) is 47.2 Å². The standard InChI is InChI=1S/C13H18BrNOS/c1-9-7-8-15-13(10(2)17(9)16)11-3-5-12(14)6-4-11/h3-6,9-10,13,15H,7-8H2,1-2H3. The van der Waals surface area contributed by atoms with E-state index in [9.17, 15) is 4.21 Å². The quantitative estimate of drug-likeness (QED) is 0.863. The maximum absolute atomic E-state index is 12.3. The number of benzene rings is 1.